The predicted octanol–water partition coefficient (Wildman–Crippen LogP) is 1.52. The summed E-state index contributed by atoms with van der Waals surface area (Å²) < 4.78 is 0. The molecule has 0 saturated heterocycles. The zero-order valence-corrected chi connectivity index (χ0v) is 9.99. The Morgan fingerprint density at radius 1 is 1.31 bits per heavy atom. The molecule has 16 heavy (non-hydrogen) atoms. The van der Waals surface area contributed by atoms with Crippen molar-refractivity contribution in [3.8, 4) is 0 Å². The summed E-state index contributed by atoms with van der Waals surface area (Å²) in [5.74, 6) is 0.457. The molecule has 0 saturated carbocycles. The Kier molecular flexibility index (Phi) is 5.57. The molecule has 1 unspecified atom stereocenters. The number of hydrogen-bond donors (Lipinski definition) is 2. The zero-order chi connectivity index (χ0) is 11.8. The molecule has 1 rings (SSSR count). The average Bonchev–Trinajstić information content (AvgIpc) is 2.31. The fourth-order valence-electron chi connectivity index (χ4n) is 1.68. The third-order valence-corrected chi connectivity index (χ3v) is 2.65. The summed E-state index contributed by atoms with van der Waals surface area (Å²) in [7, 11) is 1.77. The molecule has 0 spiro atoms. The highest BCUT2D eigenvalue weighted by molar-refractivity contribution is 5.77. The number of rotatable bonds is 6. The first-order valence-electron chi connectivity index (χ1n) is 5.74. The van der Waals surface area contributed by atoms with Gasteiger partial charge in [-0.15, -0.1) is 0 Å². The van der Waals surface area contributed by atoms with E-state index in [1.54, 1.807) is 7.05 Å². The number of amides is 1. The van der Waals surface area contributed by atoms with E-state index in [4.69, 9.17) is 0 Å². The minimum atomic E-state index is 0.0527. The van der Waals surface area contributed by atoms with Crippen LogP contribution >= 0.6 is 0 Å². The van der Waals surface area contributed by atoms with E-state index in [0.29, 0.717) is 19.0 Å². The van der Waals surface area contributed by atoms with E-state index in [1.165, 1.54) is 5.56 Å². The predicted molar refractivity (Wildman–Crippen MR) is 66.4 cm³/mol. The average molecular weight is 220 g/mol. The zero-order valence-electron chi connectivity index (χ0n) is 9.99. The van der Waals surface area contributed by atoms with E-state index >= 15 is 0 Å². The van der Waals surface area contributed by atoms with Crippen molar-refractivity contribution in [3.63, 3.8) is 0 Å². The van der Waals surface area contributed by atoms with E-state index in [-0.39, 0.29) is 5.91 Å². The highest BCUT2D eigenvalue weighted by Gasteiger charge is 2.09. The van der Waals surface area contributed by atoms with Crippen LogP contribution in [0.1, 0.15) is 24.8 Å². The molecule has 3 nitrogen and oxygen atoms in total. The first kappa shape index (κ1) is 12.7. The number of carbonyl (C=O) groups excluding carboxylic acids is 1. The molecular formula is C13H20N2O. The van der Waals surface area contributed by atoms with Gasteiger partial charge in [0.15, 0.2) is 0 Å². The lowest BCUT2D eigenvalue weighted by Gasteiger charge is -2.16. The van der Waals surface area contributed by atoms with E-state index in [2.05, 4.69) is 29.7 Å². The Balaban J connectivity index is 2.47. The van der Waals surface area contributed by atoms with Crippen LogP contribution in [-0.4, -0.2) is 26.0 Å². The molecule has 0 aliphatic heterocycles. The van der Waals surface area contributed by atoms with Gasteiger partial charge in [0, 0.05) is 12.5 Å². The van der Waals surface area contributed by atoms with Gasteiger partial charge in [-0.05, 0) is 19.0 Å². The summed E-state index contributed by atoms with van der Waals surface area (Å²) in [6, 6.07) is 10.3. The van der Waals surface area contributed by atoms with E-state index in [1.807, 2.05) is 18.2 Å². The molecular weight excluding hydrogens is 200 g/mol. The van der Waals surface area contributed by atoms with Crippen molar-refractivity contribution >= 4 is 5.91 Å². The fourth-order valence-corrected chi connectivity index (χ4v) is 1.68. The van der Waals surface area contributed by atoms with Crippen LogP contribution in [0, 0.1) is 0 Å². The number of hydrogen-bond acceptors (Lipinski definition) is 2. The Hall–Kier alpha value is -1.35. The molecule has 1 aromatic carbocycles. The normalized spacial score (nSPS) is 12.1. The van der Waals surface area contributed by atoms with Crippen molar-refractivity contribution in [1.82, 2.24) is 10.6 Å². The van der Waals surface area contributed by atoms with Gasteiger partial charge in [0.1, 0.15) is 0 Å². The van der Waals surface area contributed by atoms with Gasteiger partial charge in [0.25, 0.3) is 0 Å². The first-order valence-corrected chi connectivity index (χ1v) is 5.74. The summed E-state index contributed by atoms with van der Waals surface area (Å²) in [6.45, 7) is 3.23. The van der Waals surface area contributed by atoms with E-state index in [0.717, 1.165) is 6.42 Å². The highest BCUT2D eigenvalue weighted by Crippen LogP contribution is 2.17. The molecule has 1 amide bonds. The maximum absolute atomic E-state index is 11.3. The largest absolute Gasteiger partial charge is 0.354 e. The lowest BCUT2D eigenvalue weighted by atomic mass is 9.96. The standard InChI is InChI=1S/C13H20N2O/c1-3-11(9-15-13(16)10-14-2)12-7-5-4-6-8-12/h4-8,11,14H,3,9-10H2,1-2H3,(H,15,16). The van der Waals surface area contributed by atoms with Gasteiger partial charge < -0.3 is 10.6 Å². The van der Waals surface area contributed by atoms with Crippen molar-refractivity contribution < 1.29 is 4.79 Å². The van der Waals surface area contributed by atoms with Gasteiger partial charge in [-0.3, -0.25) is 4.79 Å². The molecule has 0 aliphatic rings. The number of benzene rings is 1. The Morgan fingerprint density at radius 3 is 2.56 bits per heavy atom. The molecule has 0 fully saturated rings. The van der Waals surface area contributed by atoms with Crippen molar-refractivity contribution in [2.75, 3.05) is 20.1 Å². The third-order valence-electron chi connectivity index (χ3n) is 2.65. The molecule has 1 atom stereocenters. The van der Waals surface area contributed by atoms with Gasteiger partial charge in [0.2, 0.25) is 5.91 Å². The summed E-state index contributed by atoms with van der Waals surface area (Å²) in [5.41, 5.74) is 1.29. The van der Waals surface area contributed by atoms with E-state index < -0.39 is 0 Å². The minimum Gasteiger partial charge on any atom is -0.354 e. The lowest BCUT2D eigenvalue weighted by molar-refractivity contribution is -0.120. The van der Waals surface area contributed by atoms with Crippen molar-refractivity contribution in [3.05, 3.63) is 35.9 Å². The van der Waals surface area contributed by atoms with Crippen molar-refractivity contribution in [2.24, 2.45) is 0 Å². The topological polar surface area (TPSA) is 41.1 Å². The monoisotopic (exact) mass is 220 g/mol. The molecule has 88 valence electrons. The Morgan fingerprint density at radius 2 is 2.00 bits per heavy atom. The molecule has 0 radical (unpaired) electrons. The molecule has 1 aromatic rings. The van der Waals surface area contributed by atoms with Crippen LogP contribution in [0.5, 0.6) is 0 Å². The second-order valence-corrected chi connectivity index (χ2v) is 3.85. The molecule has 0 heterocycles. The van der Waals surface area contributed by atoms with Gasteiger partial charge >= 0.3 is 0 Å². The number of likely N-dealkylation sites (N-methyl/N-ethyl adjacent to an activating group) is 1. The molecule has 3 heteroatoms. The van der Waals surface area contributed by atoms with Crippen LogP contribution in [0.3, 0.4) is 0 Å². The van der Waals surface area contributed by atoms with Crippen LogP contribution in [-0.2, 0) is 4.79 Å². The molecule has 2 N–H and O–H groups in total. The van der Waals surface area contributed by atoms with Crippen LogP contribution < -0.4 is 10.6 Å². The molecule has 0 bridgehead atoms. The fraction of sp³-hybridized carbons (Fsp3) is 0.462. The summed E-state index contributed by atoms with van der Waals surface area (Å²) in [5, 5.41) is 5.77. The Labute approximate surface area is 97.2 Å². The summed E-state index contributed by atoms with van der Waals surface area (Å²) in [6.07, 6.45) is 1.03. The lowest BCUT2D eigenvalue weighted by Crippen LogP contribution is -2.34. The van der Waals surface area contributed by atoms with Crippen LogP contribution in [0.25, 0.3) is 0 Å². The van der Waals surface area contributed by atoms with Crippen LogP contribution in [0.2, 0.25) is 0 Å². The smallest absolute Gasteiger partial charge is 0.233 e. The van der Waals surface area contributed by atoms with Crippen LogP contribution in [0.15, 0.2) is 30.3 Å². The van der Waals surface area contributed by atoms with Gasteiger partial charge in [0.05, 0.1) is 6.54 Å². The second kappa shape index (κ2) is 7.01. The highest BCUT2D eigenvalue weighted by atomic mass is 16.1. The minimum absolute atomic E-state index is 0.0527. The maximum Gasteiger partial charge on any atom is 0.233 e. The van der Waals surface area contributed by atoms with Gasteiger partial charge in [-0.1, -0.05) is 37.3 Å². The van der Waals surface area contributed by atoms with Crippen molar-refractivity contribution in [1.29, 1.82) is 0 Å². The van der Waals surface area contributed by atoms with E-state index in [9.17, 15) is 4.79 Å². The second-order valence-electron chi connectivity index (χ2n) is 3.85. The van der Waals surface area contributed by atoms with Gasteiger partial charge in [-0.25, -0.2) is 0 Å². The third kappa shape index (κ3) is 4.03. The van der Waals surface area contributed by atoms with Crippen LogP contribution in [0.4, 0.5) is 0 Å². The van der Waals surface area contributed by atoms with Gasteiger partial charge in [-0.2, -0.15) is 0 Å². The quantitative estimate of drug-likeness (QED) is 0.763. The SMILES string of the molecule is CCC(CNC(=O)CNC)c1ccccc1. The summed E-state index contributed by atoms with van der Waals surface area (Å²) in [4.78, 5) is 11.3. The van der Waals surface area contributed by atoms with Crippen molar-refractivity contribution in [2.45, 2.75) is 19.3 Å². The first-order chi connectivity index (χ1) is 7.77. The number of carbonyl (C=O) groups is 1. The maximum atomic E-state index is 11.3. The Bertz CT molecular complexity index is 311. The molecule has 0 aromatic heterocycles. The summed E-state index contributed by atoms with van der Waals surface area (Å²) >= 11 is 0. The molecule has 0 aliphatic carbocycles. The number of nitrogens with one attached hydrogen (secondary N) is 2.